The second kappa shape index (κ2) is 8.39. The summed E-state index contributed by atoms with van der Waals surface area (Å²) in [6.45, 7) is -0.0797. The highest BCUT2D eigenvalue weighted by molar-refractivity contribution is 5.93. The third kappa shape index (κ3) is 3.77. The van der Waals surface area contributed by atoms with Gasteiger partial charge in [0, 0.05) is 18.2 Å². The number of fused-ring (bicyclic) bond motifs is 3. The van der Waals surface area contributed by atoms with Crippen molar-refractivity contribution in [2.45, 2.75) is 12.5 Å². The van der Waals surface area contributed by atoms with Gasteiger partial charge in [-0.25, -0.2) is 4.79 Å². The van der Waals surface area contributed by atoms with Gasteiger partial charge in [0.1, 0.15) is 13.2 Å². The third-order valence-electron chi connectivity index (χ3n) is 5.31. The van der Waals surface area contributed by atoms with Crippen LogP contribution in [0.1, 0.15) is 22.6 Å². The van der Waals surface area contributed by atoms with E-state index < -0.39 is 18.6 Å². The first kappa shape index (κ1) is 19.7. The van der Waals surface area contributed by atoms with Gasteiger partial charge in [0.05, 0.1) is 0 Å². The molecule has 3 N–H and O–H groups in total. The Balaban J connectivity index is 1.57. The summed E-state index contributed by atoms with van der Waals surface area (Å²) in [6.07, 6.45) is -0.701. The molecule has 6 nitrogen and oxygen atoms in total. The predicted molar refractivity (Wildman–Crippen MR) is 114 cm³/mol. The number of benzene rings is 3. The molecule has 30 heavy (non-hydrogen) atoms. The minimum Gasteiger partial charge on any atom is -0.480 e. The Hall–Kier alpha value is -3.64. The van der Waals surface area contributed by atoms with Crippen LogP contribution in [-0.4, -0.2) is 30.3 Å². The van der Waals surface area contributed by atoms with Crippen molar-refractivity contribution in [2.75, 3.05) is 18.1 Å². The van der Waals surface area contributed by atoms with Crippen molar-refractivity contribution in [3.8, 4) is 11.1 Å². The standard InChI is InChI=1S/C24H22N2O4/c25-13-16-6-5-7-17(12-16)26(14-23(27)28)24(29)30-15-22-20-10-3-1-8-18(20)19-9-2-4-11-21(19)22/h1-12,22H,13-15,25H2,(H,27,28). The summed E-state index contributed by atoms with van der Waals surface area (Å²) in [5, 5.41) is 9.29. The highest BCUT2D eigenvalue weighted by atomic mass is 16.6. The van der Waals surface area contributed by atoms with E-state index in [2.05, 4.69) is 12.1 Å². The molecule has 0 fully saturated rings. The molecule has 3 aromatic rings. The van der Waals surface area contributed by atoms with E-state index in [1.165, 1.54) is 0 Å². The Bertz CT molecular complexity index is 1050. The lowest BCUT2D eigenvalue weighted by Crippen LogP contribution is -2.37. The molecule has 4 rings (SSSR count). The second-order valence-electron chi connectivity index (χ2n) is 7.16. The molecule has 6 heteroatoms. The van der Waals surface area contributed by atoms with Crippen LogP contribution in [0.15, 0.2) is 72.8 Å². The molecule has 3 aromatic carbocycles. The number of aliphatic carboxylic acids is 1. The summed E-state index contributed by atoms with van der Waals surface area (Å²) in [4.78, 5) is 25.3. The van der Waals surface area contributed by atoms with Crippen molar-refractivity contribution >= 4 is 17.7 Å². The molecule has 1 aliphatic rings. The van der Waals surface area contributed by atoms with Crippen LogP contribution in [0.4, 0.5) is 10.5 Å². The number of rotatable bonds is 6. The molecule has 0 saturated carbocycles. The van der Waals surface area contributed by atoms with E-state index in [1.807, 2.05) is 42.5 Å². The predicted octanol–water partition coefficient (Wildman–Crippen LogP) is 3.99. The molecule has 0 spiro atoms. The van der Waals surface area contributed by atoms with E-state index in [0.29, 0.717) is 12.2 Å². The summed E-state index contributed by atoms with van der Waals surface area (Å²) < 4.78 is 5.62. The van der Waals surface area contributed by atoms with E-state index >= 15 is 0 Å². The Morgan fingerprint density at radius 3 is 2.17 bits per heavy atom. The topological polar surface area (TPSA) is 92.9 Å². The first-order valence-corrected chi connectivity index (χ1v) is 9.72. The zero-order chi connectivity index (χ0) is 21.1. The fourth-order valence-electron chi connectivity index (χ4n) is 3.92. The number of hydrogen-bond acceptors (Lipinski definition) is 4. The van der Waals surface area contributed by atoms with Crippen molar-refractivity contribution in [1.29, 1.82) is 0 Å². The van der Waals surface area contributed by atoms with Gasteiger partial charge in [0.15, 0.2) is 0 Å². The molecule has 0 radical (unpaired) electrons. The summed E-state index contributed by atoms with van der Waals surface area (Å²) in [6, 6.07) is 23.0. The van der Waals surface area contributed by atoms with Gasteiger partial charge in [-0.05, 0) is 39.9 Å². The molecule has 0 aliphatic heterocycles. The number of anilines is 1. The van der Waals surface area contributed by atoms with Gasteiger partial charge >= 0.3 is 12.1 Å². The first-order chi connectivity index (χ1) is 14.6. The normalized spacial score (nSPS) is 12.2. The van der Waals surface area contributed by atoms with Gasteiger partial charge in [-0.15, -0.1) is 0 Å². The van der Waals surface area contributed by atoms with Crippen LogP contribution in [0, 0.1) is 0 Å². The fraction of sp³-hybridized carbons (Fsp3) is 0.167. The van der Waals surface area contributed by atoms with Crippen LogP contribution in [0.2, 0.25) is 0 Å². The zero-order valence-electron chi connectivity index (χ0n) is 16.3. The van der Waals surface area contributed by atoms with Crippen LogP contribution in [-0.2, 0) is 16.1 Å². The zero-order valence-corrected chi connectivity index (χ0v) is 16.3. The maximum absolute atomic E-state index is 12.9. The Labute approximate surface area is 174 Å². The number of carbonyl (C=O) groups is 2. The van der Waals surface area contributed by atoms with Crippen LogP contribution in [0.5, 0.6) is 0 Å². The minimum atomic E-state index is -1.12. The number of ether oxygens (including phenoxy) is 1. The first-order valence-electron chi connectivity index (χ1n) is 9.72. The van der Waals surface area contributed by atoms with Gasteiger partial charge in [-0.3, -0.25) is 9.69 Å². The maximum Gasteiger partial charge on any atom is 0.414 e. The minimum absolute atomic E-state index is 0.0941. The molecule has 1 amide bonds. The smallest absolute Gasteiger partial charge is 0.414 e. The second-order valence-corrected chi connectivity index (χ2v) is 7.16. The van der Waals surface area contributed by atoms with E-state index in [0.717, 1.165) is 32.7 Å². The lowest BCUT2D eigenvalue weighted by Gasteiger charge is -2.22. The summed E-state index contributed by atoms with van der Waals surface area (Å²) in [5.41, 5.74) is 11.4. The summed E-state index contributed by atoms with van der Waals surface area (Å²) in [7, 11) is 0. The number of carbonyl (C=O) groups excluding carboxylic acids is 1. The van der Waals surface area contributed by atoms with Crippen molar-refractivity contribution in [1.82, 2.24) is 0 Å². The molecule has 0 atom stereocenters. The number of carboxylic acids is 1. The van der Waals surface area contributed by atoms with Gasteiger partial charge in [0.2, 0.25) is 0 Å². The molecule has 152 valence electrons. The third-order valence-corrected chi connectivity index (χ3v) is 5.31. The van der Waals surface area contributed by atoms with Crippen LogP contribution in [0.25, 0.3) is 11.1 Å². The van der Waals surface area contributed by atoms with E-state index in [-0.39, 0.29) is 12.5 Å². The van der Waals surface area contributed by atoms with Crippen molar-refractivity contribution < 1.29 is 19.4 Å². The number of nitrogens with two attached hydrogens (primary N) is 1. The monoisotopic (exact) mass is 402 g/mol. The quantitative estimate of drug-likeness (QED) is 0.650. The van der Waals surface area contributed by atoms with Crippen LogP contribution in [0.3, 0.4) is 0 Å². The lowest BCUT2D eigenvalue weighted by molar-refractivity contribution is -0.135. The highest BCUT2D eigenvalue weighted by Gasteiger charge is 2.30. The van der Waals surface area contributed by atoms with Crippen molar-refractivity contribution in [2.24, 2.45) is 5.73 Å². The van der Waals surface area contributed by atoms with Gasteiger partial charge in [0.25, 0.3) is 0 Å². The largest absolute Gasteiger partial charge is 0.480 e. The number of hydrogen-bond donors (Lipinski definition) is 2. The van der Waals surface area contributed by atoms with Crippen molar-refractivity contribution in [3.05, 3.63) is 89.5 Å². The number of amides is 1. The molecule has 0 unspecified atom stereocenters. The van der Waals surface area contributed by atoms with E-state index in [4.69, 9.17) is 10.5 Å². The summed E-state index contributed by atoms with van der Waals surface area (Å²) >= 11 is 0. The molecule has 1 aliphatic carbocycles. The molecule has 0 heterocycles. The molecular formula is C24H22N2O4. The van der Waals surface area contributed by atoms with E-state index in [1.54, 1.807) is 18.2 Å². The average molecular weight is 402 g/mol. The Kier molecular flexibility index (Phi) is 5.50. The number of carboxylic acid groups (broad SMARTS) is 1. The van der Waals surface area contributed by atoms with Gasteiger partial charge < -0.3 is 15.6 Å². The SMILES string of the molecule is NCc1cccc(N(CC(=O)O)C(=O)OCC2c3ccccc3-c3ccccc32)c1. The van der Waals surface area contributed by atoms with Gasteiger partial charge in [-0.1, -0.05) is 60.7 Å². The fourth-order valence-corrected chi connectivity index (χ4v) is 3.92. The molecule has 0 bridgehead atoms. The van der Waals surface area contributed by atoms with Gasteiger partial charge in [-0.2, -0.15) is 0 Å². The average Bonchev–Trinajstić information content (AvgIpc) is 3.09. The van der Waals surface area contributed by atoms with Crippen molar-refractivity contribution in [3.63, 3.8) is 0 Å². The number of nitrogens with zero attached hydrogens (tertiary/aromatic N) is 1. The summed E-state index contributed by atoms with van der Waals surface area (Å²) in [5.74, 6) is -1.22. The highest BCUT2D eigenvalue weighted by Crippen LogP contribution is 2.44. The van der Waals surface area contributed by atoms with Crippen LogP contribution < -0.4 is 10.6 Å². The maximum atomic E-state index is 12.9. The molecular weight excluding hydrogens is 380 g/mol. The Morgan fingerprint density at radius 1 is 0.933 bits per heavy atom. The Morgan fingerprint density at radius 2 is 1.57 bits per heavy atom. The van der Waals surface area contributed by atoms with Crippen LogP contribution >= 0.6 is 0 Å². The molecule has 0 saturated heterocycles. The lowest BCUT2D eigenvalue weighted by atomic mass is 9.98. The van der Waals surface area contributed by atoms with E-state index in [9.17, 15) is 14.7 Å². The molecule has 0 aromatic heterocycles.